The Morgan fingerprint density at radius 1 is 0.735 bits per heavy atom. The zero-order chi connectivity index (χ0) is 26.2. The average molecular weight is 488 g/mol. The first kappa shape index (κ1) is 28.7. The minimum Gasteiger partial charge on any atom is -0.463 e. The topological polar surface area (TPSA) is 167 Å². The van der Waals surface area contributed by atoms with Gasteiger partial charge in [-0.3, -0.25) is 28.8 Å². The molecule has 0 unspecified atom stereocenters. The van der Waals surface area contributed by atoms with Crippen molar-refractivity contribution in [2.45, 2.75) is 78.5 Å². The van der Waals surface area contributed by atoms with Gasteiger partial charge < -0.3 is 33.2 Å². The van der Waals surface area contributed by atoms with E-state index in [9.17, 15) is 28.8 Å². The Hall–Kier alpha value is -3.32. The minimum absolute atomic E-state index is 0.275. The molecule has 0 aromatic carbocycles. The van der Waals surface area contributed by atoms with E-state index in [4.69, 9.17) is 33.2 Å². The van der Waals surface area contributed by atoms with Crippen LogP contribution in [0.1, 0.15) is 41.5 Å². The van der Waals surface area contributed by atoms with Gasteiger partial charge in [-0.15, -0.1) is 0 Å². The van der Waals surface area contributed by atoms with Crippen LogP contribution in [-0.4, -0.2) is 79.2 Å². The molecule has 0 spiro atoms. The predicted octanol–water partition coefficient (Wildman–Crippen LogP) is 0.121. The van der Waals surface area contributed by atoms with Gasteiger partial charge in [-0.1, -0.05) is 6.58 Å². The molecular formula is C21H28O13. The van der Waals surface area contributed by atoms with E-state index in [1.54, 1.807) is 0 Å². The van der Waals surface area contributed by atoms with E-state index >= 15 is 0 Å². The van der Waals surface area contributed by atoms with Gasteiger partial charge in [-0.2, -0.15) is 0 Å². The molecule has 0 N–H and O–H groups in total. The number of ether oxygens (including phenoxy) is 7. The first-order valence-corrected chi connectivity index (χ1v) is 10.1. The number of esters is 5. The van der Waals surface area contributed by atoms with Crippen molar-refractivity contribution in [3.63, 3.8) is 0 Å². The Balaban J connectivity index is 3.49. The third-order valence-electron chi connectivity index (χ3n) is 4.22. The summed E-state index contributed by atoms with van der Waals surface area (Å²) in [5.74, 6) is -4.61. The Morgan fingerprint density at radius 2 is 1.24 bits per heavy atom. The van der Waals surface area contributed by atoms with E-state index < -0.39 is 79.2 Å². The van der Waals surface area contributed by atoms with E-state index in [0.29, 0.717) is 0 Å². The molecule has 0 saturated carbocycles. The van der Waals surface area contributed by atoms with Gasteiger partial charge in [0, 0.05) is 34.6 Å². The molecule has 190 valence electrons. The highest BCUT2D eigenvalue weighted by Gasteiger charge is 2.53. The minimum atomic E-state index is -1.67. The van der Waals surface area contributed by atoms with Crippen LogP contribution in [0.2, 0.25) is 0 Å². The van der Waals surface area contributed by atoms with Gasteiger partial charge in [0.25, 0.3) is 0 Å². The van der Waals surface area contributed by atoms with Crippen molar-refractivity contribution in [1.29, 1.82) is 0 Å². The molecule has 0 aromatic rings. The summed E-state index contributed by atoms with van der Waals surface area (Å²) in [5, 5.41) is 0. The molecule has 1 aliphatic rings. The van der Waals surface area contributed by atoms with Gasteiger partial charge in [0.1, 0.15) is 12.7 Å². The highest BCUT2D eigenvalue weighted by Crippen LogP contribution is 2.31. The number of hydrogen-bond donors (Lipinski definition) is 0. The molecule has 0 aromatic heterocycles. The molecule has 1 saturated heterocycles. The number of carbonyl (C=O) groups excluding carboxylic acids is 6. The van der Waals surface area contributed by atoms with Gasteiger partial charge in [-0.05, 0) is 6.92 Å². The maximum atomic E-state index is 11.8. The predicted molar refractivity (Wildman–Crippen MR) is 108 cm³/mol. The van der Waals surface area contributed by atoms with Crippen molar-refractivity contribution < 1.29 is 61.9 Å². The molecule has 13 heteroatoms. The van der Waals surface area contributed by atoms with E-state index in [2.05, 4.69) is 6.58 Å². The van der Waals surface area contributed by atoms with Crippen LogP contribution in [0.5, 0.6) is 0 Å². The standard InChI is InChI=1S/C21H28O13/c1-9(10(2)22)20(32-15(7)27)34-21-19(31-14(6)26)18(30-13(5)25)17(29-12(4)24)16(33-21)8-28-11(3)23/h16-21H,1,8H2,2-7H3/t16-,17-,18+,19-,20+,21+/m1/s1. The van der Waals surface area contributed by atoms with Crippen LogP contribution in [0.25, 0.3) is 0 Å². The zero-order valence-electron chi connectivity index (χ0n) is 19.7. The number of hydrogen-bond acceptors (Lipinski definition) is 13. The molecule has 0 radical (unpaired) electrons. The fourth-order valence-corrected chi connectivity index (χ4v) is 2.92. The number of rotatable bonds is 10. The lowest BCUT2D eigenvalue weighted by Gasteiger charge is -2.44. The quantitative estimate of drug-likeness (QED) is 0.176. The highest BCUT2D eigenvalue weighted by molar-refractivity contribution is 5.93. The van der Waals surface area contributed by atoms with Crippen LogP contribution in [0, 0.1) is 0 Å². The molecule has 0 aliphatic carbocycles. The normalized spacial score (nSPS) is 24.7. The first-order chi connectivity index (χ1) is 15.7. The number of Topliss-reactive ketones (excluding diaryl/α,β-unsaturated/α-hetero) is 1. The van der Waals surface area contributed by atoms with Gasteiger partial charge in [0.2, 0.25) is 12.6 Å². The smallest absolute Gasteiger partial charge is 0.305 e. The molecule has 1 heterocycles. The summed E-state index contributed by atoms with van der Waals surface area (Å²) in [6, 6.07) is 0. The lowest BCUT2D eigenvalue weighted by molar-refractivity contribution is -0.330. The van der Waals surface area contributed by atoms with E-state index in [1.807, 2.05) is 0 Å². The van der Waals surface area contributed by atoms with Crippen molar-refractivity contribution in [2.75, 3.05) is 6.61 Å². The SMILES string of the molecule is C=C(C(C)=O)[C@@H](OC(C)=O)O[C@@H]1O[C@H](COC(C)=O)[C@@H](OC(C)=O)[C@H](OC(C)=O)[C@H]1OC(C)=O. The van der Waals surface area contributed by atoms with E-state index in [1.165, 1.54) is 0 Å². The molecule has 34 heavy (non-hydrogen) atoms. The number of carbonyl (C=O) groups is 6. The molecule has 6 atom stereocenters. The Morgan fingerprint density at radius 3 is 1.68 bits per heavy atom. The second-order valence-corrected chi connectivity index (χ2v) is 7.23. The van der Waals surface area contributed by atoms with Crippen LogP contribution in [-0.2, 0) is 61.9 Å². The summed E-state index contributed by atoms with van der Waals surface area (Å²) in [6.45, 7) is 9.54. The van der Waals surface area contributed by atoms with Crippen molar-refractivity contribution in [2.24, 2.45) is 0 Å². The molecule has 1 aliphatic heterocycles. The monoisotopic (exact) mass is 488 g/mol. The first-order valence-electron chi connectivity index (χ1n) is 10.1. The Bertz CT molecular complexity index is 833. The zero-order valence-corrected chi connectivity index (χ0v) is 19.7. The average Bonchev–Trinajstić information content (AvgIpc) is 2.68. The van der Waals surface area contributed by atoms with Crippen LogP contribution in [0.4, 0.5) is 0 Å². The van der Waals surface area contributed by atoms with Crippen molar-refractivity contribution in [3.8, 4) is 0 Å². The maximum Gasteiger partial charge on any atom is 0.305 e. The summed E-state index contributed by atoms with van der Waals surface area (Å²) in [7, 11) is 0. The summed E-state index contributed by atoms with van der Waals surface area (Å²) in [5.41, 5.74) is -0.275. The second kappa shape index (κ2) is 12.8. The fraction of sp³-hybridized carbons (Fsp3) is 0.619. The molecule has 1 rings (SSSR count). The van der Waals surface area contributed by atoms with Crippen LogP contribution >= 0.6 is 0 Å². The maximum absolute atomic E-state index is 11.8. The summed E-state index contributed by atoms with van der Waals surface area (Å²) in [4.78, 5) is 70.1. The Labute approximate surface area is 195 Å². The number of ketones is 1. The third-order valence-corrected chi connectivity index (χ3v) is 4.22. The Kier molecular flexibility index (Phi) is 10.8. The second-order valence-electron chi connectivity index (χ2n) is 7.23. The molecule has 0 amide bonds. The lowest BCUT2D eigenvalue weighted by Crippen LogP contribution is -2.63. The fourth-order valence-electron chi connectivity index (χ4n) is 2.92. The van der Waals surface area contributed by atoms with E-state index in [-0.39, 0.29) is 5.57 Å². The van der Waals surface area contributed by atoms with Crippen LogP contribution in [0.15, 0.2) is 12.2 Å². The highest BCUT2D eigenvalue weighted by atomic mass is 16.8. The van der Waals surface area contributed by atoms with Crippen molar-refractivity contribution in [3.05, 3.63) is 12.2 Å². The van der Waals surface area contributed by atoms with Crippen molar-refractivity contribution >= 4 is 35.6 Å². The lowest BCUT2D eigenvalue weighted by atomic mass is 9.98. The van der Waals surface area contributed by atoms with E-state index in [0.717, 1.165) is 41.5 Å². The summed E-state index contributed by atoms with van der Waals surface area (Å²) in [6.07, 6.45) is -9.05. The molecule has 1 fully saturated rings. The summed E-state index contributed by atoms with van der Waals surface area (Å²) >= 11 is 0. The van der Waals surface area contributed by atoms with Crippen molar-refractivity contribution in [1.82, 2.24) is 0 Å². The molecule has 0 bridgehead atoms. The van der Waals surface area contributed by atoms with Crippen LogP contribution < -0.4 is 0 Å². The molecular weight excluding hydrogens is 460 g/mol. The van der Waals surface area contributed by atoms with Gasteiger partial charge in [-0.25, -0.2) is 0 Å². The van der Waals surface area contributed by atoms with Gasteiger partial charge >= 0.3 is 29.8 Å². The molecule has 13 nitrogen and oxygen atoms in total. The van der Waals surface area contributed by atoms with Gasteiger partial charge in [0.15, 0.2) is 24.1 Å². The third kappa shape index (κ3) is 8.90. The largest absolute Gasteiger partial charge is 0.463 e. The van der Waals surface area contributed by atoms with Crippen LogP contribution in [0.3, 0.4) is 0 Å². The summed E-state index contributed by atoms with van der Waals surface area (Å²) < 4.78 is 37.0. The van der Waals surface area contributed by atoms with Gasteiger partial charge in [0.05, 0.1) is 5.57 Å².